The number of hydrogen-bond donors (Lipinski definition) is 0. The average molecular weight is 694 g/mol. The van der Waals surface area contributed by atoms with Gasteiger partial charge in [-0.3, -0.25) is 0 Å². The largest absolute Gasteiger partial charge is 0.456 e. The van der Waals surface area contributed by atoms with Gasteiger partial charge in [-0.1, -0.05) is 103 Å². The predicted octanol–water partition coefficient (Wildman–Crippen LogP) is 13.6. The molecular formula is C49H31N3O2. The van der Waals surface area contributed by atoms with Crippen molar-refractivity contribution in [3.8, 4) is 28.3 Å². The van der Waals surface area contributed by atoms with Crippen molar-refractivity contribution in [1.29, 1.82) is 0 Å². The Kier molecular flexibility index (Phi) is 6.79. The van der Waals surface area contributed by atoms with Gasteiger partial charge in [-0.05, 0) is 90.0 Å². The molecule has 0 unspecified atom stereocenters. The lowest BCUT2D eigenvalue weighted by molar-refractivity contribution is 0.620. The minimum atomic E-state index is 0.594. The number of para-hydroxylation sites is 2. The van der Waals surface area contributed by atoms with Gasteiger partial charge in [-0.15, -0.1) is 0 Å². The molecule has 254 valence electrons. The molecule has 0 atom stereocenters. The third kappa shape index (κ3) is 4.90. The van der Waals surface area contributed by atoms with Gasteiger partial charge >= 0.3 is 0 Å². The summed E-state index contributed by atoms with van der Waals surface area (Å²) in [5.74, 6) is 0.594. The molecule has 0 aliphatic carbocycles. The van der Waals surface area contributed by atoms with E-state index in [1.165, 1.54) is 27.4 Å². The lowest BCUT2D eigenvalue weighted by atomic mass is 10.0. The second-order valence-corrected chi connectivity index (χ2v) is 13.6. The molecule has 0 fully saturated rings. The summed E-state index contributed by atoms with van der Waals surface area (Å²) in [6.45, 7) is 0. The van der Waals surface area contributed by atoms with Crippen molar-refractivity contribution in [2.24, 2.45) is 0 Å². The van der Waals surface area contributed by atoms with E-state index in [2.05, 4.69) is 161 Å². The van der Waals surface area contributed by atoms with Gasteiger partial charge in [0.25, 0.3) is 0 Å². The molecule has 5 heteroatoms. The highest BCUT2D eigenvalue weighted by molar-refractivity contribution is 6.12. The number of hydrogen-bond acceptors (Lipinski definition) is 4. The highest BCUT2D eigenvalue weighted by Gasteiger charge is 2.20. The zero-order chi connectivity index (χ0) is 35.6. The summed E-state index contributed by atoms with van der Waals surface area (Å²) in [5, 5.41) is 4.42. The van der Waals surface area contributed by atoms with Crippen molar-refractivity contribution in [3.63, 3.8) is 0 Å². The number of rotatable bonds is 6. The second kappa shape index (κ2) is 12.1. The van der Waals surface area contributed by atoms with Crippen molar-refractivity contribution >= 4 is 71.9 Å². The number of aromatic nitrogens is 2. The molecule has 11 rings (SSSR count). The van der Waals surface area contributed by atoms with E-state index < -0.39 is 0 Å². The summed E-state index contributed by atoms with van der Waals surface area (Å²) >= 11 is 0. The van der Waals surface area contributed by atoms with Crippen LogP contribution in [0.1, 0.15) is 0 Å². The number of benzene rings is 8. The van der Waals surface area contributed by atoms with Crippen LogP contribution in [0, 0.1) is 0 Å². The van der Waals surface area contributed by atoms with Crippen LogP contribution in [0.25, 0.3) is 83.1 Å². The Morgan fingerprint density at radius 2 is 1.00 bits per heavy atom. The van der Waals surface area contributed by atoms with Crippen LogP contribution in [0.5, 0.6) is 0 Å². The number of oxazole rings is 1. The van der Waals surface area contributed by atoms with Crippen LogP contribution in [-0.2, 0) is 0 Å². The van der Waals surface area contributed by atoms with Gasteiger partial charge in [0.1, 0.15) is 16.7 Å². The molecular weight excluding hydrogens is 663 g/mol. The Bertz CT molecular complexity index is 3140. The molecule has 0 amide bonds. The molecule has 0 radical (unpaired) electrons. The highest BCUT2D eigenvalue weighted by Crippen LogP contribution is 2.42. The van der Waals surface area contributed by atoms with Crippen molar-refractivity contribution < 1.29 is 8.83 Å². The Labute approximate surface area is 310 Å². The number of anilines is 3. The lowest BCUT2D eigenvalue weighted by Gasteiger charge is -2.26. The number of fused-ring (bicyclic) bond motifs is 7. The highest BCUT2D eigenvalue weighted by atomic mass is 16.4. The molecule has 0 saturated heterocycles. The molecule has 0 N–H and O–H groups in total. The molecule has 0 aliphatic heterocycles. The van der Waals surface area contributed by atoms with Crippen LogP contribution in [0.2, 0.25) is 0 Å². The van der Waals surface area contributed by atoms with Gasteiger partial charge in [0, 0.05) is 55.9 Å². The average Bonchev–Trinajstić information content (AvgIpc) is 3.92. The fourth-order valence-electron chi connectivity index (χ4n) is 7.86. The fourth-order valence-corrected chi connectivity index (χ4v) is 7.86. The fraction of sp³-hybridized carbons (Fsp3) is 0. The van der Waals surface area contributed by atoms with Crippen LogP contribution >= 0.6 is 0 Å². The quantitative estimate of drug-likeness (QED) is 0.174. The first-order valence-electron chi connectivity index (χ1n) is 18.1. The van der Waals surface area contributed by atoms with Crippen LogP contribution in [0.3, 0.4) is 0 Å². The minimum Gasteiger partial charge on any atom is -0.456 e. The van der Waals surface area contributed by atoms with Crippen LogP contribution < -0.4 is 4.90 Å². The minimum absolute atomic E-state index is 0.594. The van der Waals surface area contributed by atoms with E-state index in [0.717, 1.165) is 66.9 Å². The van der Waals surface area contributed by atoms with Crippen molar-refractivity contribution in [2.45, 2.75) is 0 Å². The van der Waals surface area contributed by atoms with E-state index in [9.17, 15) is 0 Å². The van der Waals surface area contributed by atoms with Crippen LogP contribution in [0.15, 0.2) is 197 Å². The number of nitrogens with zero attached hydrogens (tertiary/aromatic N) is 3. The Morgan fingerprint density at radius 3 is 1.80 bits per heavy atom. The summed E-state index contributed by atoms with van der Waals surface area (Å²) < 4.78 is 15.1. The predicted molar refractivity (Wildman–Crippen MR) is 221 cm³/mol. The molecule has 3 heterocycles. The van der Waals surface area contributed by atoms with Crippen LogP contribution in [0.4, 0.5) is 17.1 Å². The molecule has 0 bridgehead atoms. The zero-order valence-electron chi connectivity index (χ0n) is 29.1. The smallest absolute Gasteiger partial charge is 0.227 e. The van der Waals surface area contributed by atoms with Gasteiger partial charge in [-0.2, -0.15) is 0 Å². The maximum atomic E-state index is 6.44. The van der Waals surface area contributed by atoms with E-state index in [-0.39, 0.29) is 0 Å². The summed E-state index contributed by atoms with van der Waals surface area (Å²) in [6.07, 6.45) is 0. The summed E-state index contributed by atoms with van der Waals surface area (Å²) in [7, 11) is 0. The molecule has 11 aromatic rings. The monoisotopic (exact) mass is 693 g/mol. The Morgan fingerprint density at radius 1 is 0.389 bits per heavy atom. The summed E-state index contributed by atoms with van der Waals surface area (Å²) in [6, 6.07) is 65.8. The van der Waals surface area contributed by atoms with E-state index >= 15 is 0 Å². The molecule has 8 aromatic carbocycles. The van der Waals surface area contributed by atoms with Gasteiger partial charge in [0.15, 0.2) is 5.58 Å². The topological polar surface area (TPSA) is 47.3 Å². The SMILES string of the molecule is c1ccc(-c2ccc(N(c3ccc4oc5cc6nc(-c7ccccc7)oc6cc5c4c3)c3ccc4c5ccccc5n(-c5ccccc5)c4c3)cc2)cc1. The van der Waals surface area contributed by atoms with E-state index in [0.29, 0.717) is 5.89 Å². The maximum Gasteiger partial charge on any atom is 0.227 e. The van der Waals surface area contributed by atoms with E-state index in [1.807, 2.05) is 36.4 Å². The van der Waals surface area contributed by atoms with Crippen molar-refractivity contribution in [2.75, 3.05) is 4.90 Å². The third-order valence-corrected chi connectivity index (χ3v) is 10.4. The molecule has 54 heavy (non-hydrogen) atoms. The first-order valence-corrected chi connectivity index (χ1v) is 18.1. The molecule has 0 spiro atoms. The Balaban J connectivity index is 1.11. The lowest BCUT2D eigenvalue weighted by Crippen LogP contribution is -2.10. The standard InChI is InChI=1S/C49H31N3O2/c1-4-12-32(13-5-1)33-20-22-36(23-21-33)51(38-24-26-40-39-18-10-11-19-44(39)52(45(40)29-38)35-16-8-3-9-17-35)37-25-27-46-41(28-37)42-30-48-43(31-47(42)53-46)50-49(54-48)34-14-6-2-7-15-34/h1-31H. The first kappa shape index (κ1) is 30.3. The van der Waals surface area contributed by atoms with E-state index in [4.69, 9.17) is 13.8 Å². The molecule has 5 nitrogen and oxygen atoms in total. The van der Waals surface area contributed by atoms with Gasteiger partial charge in [-0.25, -0.2) is 4.98 Å². The second-order valence-electron chi connectivity index (χ2n) is 13.6. The molecule has 0 aliphatic rings. The first-order chi connectivity index (χ1) is 26.7. The van der Waals surface area contributed by atoms with Crippen molar-refractivity contribution in [1.82, 2.24) is 9.55 Å². The Hall–Kier alpha value is -7.37. The van der Waals surface area contributed by atoms with E-state index in [1.54, 1.807) is 0 Å². The molecule has 0 saturated carbocycles. The normalized spacial score (nSPS) is 11.7. The number of furan rings is 1. The zero-order valence-corrected chi connectivity index (χ0v) is 29.1. The van der Waals surface area contributed by atoms with Crippen molar-refractivity contribution in [3.05, 3.63) is 188 Å². The third-order valence-electron chi connectivity index (χ3n) is 10.4. The van der Waals surface area contributed by atoms with Gasteiger partial charge in [0.05, 0.1) is 11.0 Å². The summed E-state index contributed by atoms with van der Waals surface area (Å²) in [4.78, 5) is 7.12. The van der Waals surface area contributed by atoms with Gasteiger partial charge in [0.2, 0.25) is 5.89 Å². The van der Waals surface area contributed by atoms with Crippen LogP contribution in [-0.4, -0.2) is 9.55 Å². The maximum absolute atomic E-state index is 6.44. The summed E-state index contributed by atoms with van der Waals surface area (Å²) in [5.41, 5.74) is 12.9. The van der Waals surface area contributed by atoms with Gasteiger partial charge < -0.3 is 18.3 Å². The molecule has 3 aromatic heterocycles.